The van der Waals surface area contributed by atoms with Gasteiger partial charge in [0.15, 0.2) is 5.60 Å². The van der Waals surface area contributed by atoms with Crippen LogP contribution < -0.4 is 0 Å². The zero-order valence-electron chi connectivity index (χ0n) is 14.9. The van der Waals surface area contributed by atoms with Crippen molar-refractivity contribution in [1.29, 1.82) is 0 Å². The Morgan fingerprint density at radius 1 is 0.955 bits per heavy atom. The lowest BCUT2D eigenvalue weighted by Crippen LogP contribution is -2.64. The predicted molar refractivity (Wildman–Crippen MR) is 86.7 cm³/mol. The molecule has 0 bridgehead atoms. The zero-order chi connectivity index (χ0) is 16.4. The summed E-state index contributed by atoms with van der Waals surface area (Å²) in [7, 11) is 0. The van der Waals surface area contributed by atoms with Crippen LogP contribution in [0.5, 0.6) is 0 Å². The van der Waals surface area contributed by atoms with Gasteiger partial charge in [0, 0.05) is 0 Å². The lowest BCUT2D eigenvalue weighted by molar-refractivity contribution is -0.265. The minimum atomic E-state index is -1.00. The number of fused-ring (bicyclic) bond motifs is 3. The van der Waals surface area contributed by atoms with Crippen LogP contribution in [-0.4, -0.2) is 22.3 Å². The summed E-state index contributed by atoms with van der Waals surface area (Å²) in [5.74, 6) is 0.429. The molecule has 2 aliphatic carbocycles. The Morgan fingerprint density at radius 2 is 1.59 bits per heavy atom. The van der Waals surface area contributed by atoms with Crippen LogP contribution in [0.3, 0.4) is 0 Å². The molecular formula is C19H32O3. The maximum Gasteiger partial charge on any atom is 0.335 e. The van der Waals surface area contributed by atoms with Gasteiger partial charge in [0.05, 0.1) is 5.60 Å². The number of aliphatic carboxylic acids is 1. The first-order valence-corrected chi connectivity index (χ1v) is 8.97. The van der Waals surface area contributed by atoms with Gasteiger partial charge in [-0.15, -0.1) is 0 Å². The van der Waals surface area contributed by atoms with E-state index in [0.29, 0.717) is 23.2 Å². The molecule has 1 aliphatic heterocycles. The molecule has 22 heavy (non-hydrogen) atoms. The van der Waals surface area contributed by atoms with Gasteiger partial charge in [-0.3, -0.25) is 0 Å². The lowest BCUT2D eigenvalue weighted by atomic mass is 9.44. The summed E-state index contributed by atoms with van der Waals surface area (Å²) in [5.41, 5.74) is -0.570. The topological polar surface area (TPSA) is 46.5 Å². The number of carboxylic acids is 1. The molecule has 2 saturated carbocycles. The molecule has 0 unspecified atom stereocenters. The summed E-state index contributed by atoms with van der Waals surface area (Å²) in [6.07, 6.45) is 7.70. The molecule has 1 saturated heterocycles. The molecule has 1 N–H and O–H groups in total. The van der Waals surface area contributed by atoms with Gasteiger partial charge < -0.3 is 9.84 Å². The largest absolute Gasteiger partial charge is 0.479 e. The molecule has 3 nitrogen and oxygen atoms in total. The molecule has 0 spiro atoms. The van der Waals surface area contributed by atoms with Crippen LogP contribution in [0.25, 0.3) is 0 Å². The van der Waals surface area contributed by atoms with Gasteiger partial charge in [-0.05, 0) is 75.0 Å². The van der Waals surface area contributed by atoms with E-state index in [9.17, 15) is 9.90 Å². The molecule has 0 radical (unpaired) electrons. The van der Waals surface area contributed by atoms with E-state index >= 15 is 0 Å². The van der Waals surface area contributed by atoms with Crippen LogP contribution in [-0.2, 0) is 9.53 Å². The minimum Gasteiger partial charge on any atom is -0.479 e. The average Bonchev–Trinajstić information content (AvgIpc) is 2.36. The van der Waals surface area contributed by atoms with Gasteiger partial charge >= 0.3 is 5.97 Å². The van der Waals surface area contributed by atoms with Crippen molar-refractivity contribution in [1.82, 2.24) is 0 Å². The summed E-state index contributed by atoms with van der Waals surface area (Å²) >= 11 is 0. The summed E-state index contributed by atoms with van der Waals surface area (Å²) in [4.78, 5) is 11.6. The van der Waals surface area contributed by atoms with E-state index in [4.69, 9.17) is 4.74 Å². The van der Waals surface area contributed by atoms with Crippen LogP contribution in [0, 0.1) is 22.7 Å². The van der Waals surface area contributed by atoms with E-state index in [0.717, 1.165) is 18.8 Å². The Kier molecular flexibility index (Phi) is 3.49. The van der Waals surface area contributed by atoms with Crippen LogP contribution in [0.2, 0.25) is 0 Å². The molecule has 0 amide bonds. The molecule has 3 rings (SSSR count). The second-order valence-electron chi connectivity index (χ2n) is 9.48. The molecule has 0 aromatic rings. The van der Waals surface area contributed by atoms with Crippen LogP contribution in [0.1, 0.15) is 79.6 Å². The van der Waals surface area contributed by atoms with Crippen molar-refractivity contribution in [2.45, 2.75) is 90.8 Å². The number of hydrogen-bond acceptors (Lipinski definition) is 2. The Morgan fingerprint density at radius 3 is 2.23 bits per heavy atom. The van der Waals surface area contributed by atoms with Crippen molar-refractivity contribution in [3.63, 3.8) is 0 Å². The molecule has 126 valence electrons. The van der Waals surface area contributed by atoms with Crippen LogP contribution >= 0.6 is 0 Å². The third-order valence-corrected chi connectivity index (χ3v) is 7.56. The second kappa shape index (κ2) is 4.72. The third-order valence-electron chi connectivity index (χ3n) is 7.56. The first-order valence-electron chi connectivity index (χ1n) is 8.97. The predicted octanol–water partition coefficient (Wildman–Crippen LogP) is 4.64. The van der Waals surface area contributed by atoms with Crippen LogP contribution in [0.15, 0.2) is 0 Å². The van der Waals surface area contributed by atoms with Crippen molar-refractivity contribution in [2.24, 2.45) is 22.7 Å². The van der Waals surface area contributed by atoms with Crippen molar-refractivity contribution >= 4 is 5.97 Å². The van der Waals surface area contributed by atoms with E-state index in [1.54, 1.807) is 6.92 Å². The Labute approximate surface area is 134 Å². The Hall–Kier alpha value is -0.570. The monoisotopic (exact) mass is 308 g/mol. The lowest BCUT2D eigenvalue weighted by Gasteiger charge is -2.64. The standard InChI is InChI=1S/C19H32O3/c1-16(2)9-6-10-17(3)13(16)7-11-18(4)14(17)8-12-19(5,22-18)15(20)21/h13-14H,6-12H2,1-5H3,(H,20,21)/t13-,14-,17+,18+,19+/m1/s1. The van der Waals surface area contributed by atoms with E-state index in [1.165, 1.54) is 25.7 Å². The summed E-state index contributed by atoms with van der Waals surface area (Å²) in [5, 5.41) is 9.56. The van der Waals surface area contributed by atoms with E-state index in [2.05, 4.69) is 27.7 Å². The summed E-state index contributed by atoms with van der Waals surface area (Å²) in [6.45, 7) is 11.3. The van der Waals surface area contributed by atoms with E-state index in [-0.39, 0.29) is 5.60 Å². The highest BCUT2D eigenvalue weighted by molar-refractivity contribution is 5.77. The minimum absolute atomic E-state index is 0.274. The molecule has 0 aromatic heterocycles. The summed E-state index contributed by atoms with van der Waals surface area (Å²) < 4.78 is 6.31. The highest BCUT2D eigenvalue weighted by Crippen LogP contribution is 2.65. The fraction of sp³-hybridized carbons (Fsp3) is 0.947. The second-order valence-corrected chi connectivity index (χ2v) is 9.48. The normalized spacial score (nSPS) is 50.8. The van der Waals surface area contributed by atoms with Gasteiger partial charge in [-0.25, -0.2) is 4.79 Å². The fourth-order valence-electron chi connectivity index (χ4n) is 6.50. The molecular weight excluding hydrogens is 276 g/mol. The van der Waals surface area contributed by atoms with Gasteiger partial charge in [-0.1, -0.05) is 27.2 Å². The van der Waals surface area contributed by atoms with Gasteiger partial charge in [0.25, 0.3) is 0 Å². The fourth-order valence-corrected chi connectivity index (χ4v) is 6.50. The van der Waals surface area contributed by atoms with Crippen molar-refractivity contribution in [2.75, 3.05) is 0 Å². The maximum absolute atomic E-state index is 11.6. The third kappa shape index (κ3) is 2.15. The van der Waals surface area contributed by atoms with Crippen molar-refractivity contribution in [3.8, 4) is 0 Å². The summed E-state index contributed by atoms with van der Waals surface area (Å²) in [6, 6.07) is 0. The Balaban J connectivity index is 1.94. The molecule has 1 heterocycles. The number of carboxylic acid groups (broad SMARTS) is 1. The number of ether oxygens (including phenoxy) is 1. The number of rotatable bonds is 1. The van der Waals surface area contributed by atoms with Gasteiger partial charge in [0.2, 0.25) is 0 Å². The average molecular weight is 308 g/mol. The first-order chi connectivity index (χ1) is 10.0. The van der Waals surface area contributed by atoms with Crippen molar-refractivity contribution < 1.29 is 14.6 Å². The molecule has 0 aromatic carbocycles. The molecule has 3 aliphatic rings. The maximum atomic E-state index is 11.6. The van der Waals surface area contributed by atoms with Gasteiger partial charge in [-0.2, -0.15) is 0 Å². The van der Waals surface area contributed by atoms with Gasteiger partial charge in [0.1, 0.15) is 0 Å². The van der Waals surface area contributed by atoms with Crippen LogP contribution in [0.4, 0.5) is 0 Å². The highest BCUT2D eigenvalue weighted by Gasteiger charge is 2.62. The van der Waals surface area contributed by atoms with E-state index < -0.39 is 11.6 Å². The molecule has 3 fully saturated rings. The Bertz CT molecular complexity index is 485. The van der Waals surface area contributed by atoms with Crippen molar-refractivity contribution in [3.05, 3.63) is 0 Å². The number of hydrogen-bond donors (Lipinski definition) is 1. The van der Waals surface area contributed by atoms with E-state index in [1.807, 2.05) is 0 Å². The highest BCUT2D eigenvalue weighted by atomic mass is 16.5. The quantitative estimate of drug-likeness (QED) is 0.767. The smallest absolute Gasteiger partial charge is 0.335 e. The first kappa shape index (κ1) is 16.3. The molecule has 3 heteroatoms. The molecule has 5 atom stereocenters. The number of carbonyl (C=O) groups is 1. The zero-order valence-corrected chi connectivity index (χ0v) is 14.9. The SMILES string of the molecule is CC1(C)CCC[C@@]2(C)[C@@H]1CC[C@]1(C)O[C@](C)(C(=O)O)CC[C@H]21.